The van der Waals surface area contributed by atoms with Gasteiger partial charge in [0.1, 0.15) is 17.2 Å². The maximum atomic E-state index is 13.2. The first-order valence-corrected chi connectivity index (χ1v) is 12.3. The van der Waals surface area contributed by atoms with Crippen LogP contribution in [-0.4, -0.2) is 37.5 Å². The van der Waals surface area contributed by atoms with Gasteiger partial charge in [-0.15, -0.1) is 0 Å². The van der Waals surface area contributed by atoms with Crippen LogP contribution in [0.5, 0.6) is 17.2 Å². The fourth-order valence-corrected chi connectivity index (χ4v) is 5.21. The van der Waals surface area contributed by atoms with E-state index in [-0.39, 0.29) is 18.1 Å². The number of methoxy groups -OCH3 is 2. The number of rotatable bonds is 5. The largest absolute Gasteiger partial charge is 0.496 e. The molecule has 0 saturated heterocycles. The van der Waals surface area contributed by atoms with Gasteiger partial charge in [-0.3, -0.25) is 9.59 Å². The summed E-state index contributed by atoms with van der Waals surface area (Å²) in [7, 11) is 3.28. The molecule has 6 heteroatoms. The first kappa shape index (κ1) is 25.5. The Balaban J connectivity index is 2.09. The number of amides is 1. The molecule has 190 valence electrons. The lowest BCUT2D eigenvalue weighted by Gasteiger charge is -2.39. The summed E-state index contributed by atoms with van der Waals surface area (Å²) in [6.07, 6.45) is 1.58. The van der Waals surface area contributed by atoms with Crippen molar-refractivity contribution in [2.45, 2.75) is 60.0 Å². The molecule has 0 fully saturated rings. The van der Waals surface area contributed by atoms with Crippen molar-refractivity contribution in [1.82, 2.24) is 4.90 Å². The Hall–Kier alpha value is -3.54. The first-order chi connectivity index (χ1) is 17.0. The van der Waals surface area contributed by atoms with Crippen LogP contribution in [-0.2, 0) is 16.0 Å². The highest BCUT2D eigenvalue weighted by atomic mass is 16.5. The topological polar surface area (TPSA) is 65.1 Å². The molecule has 1 aliphatic rings. The zero-order valence-corrected chi connectivity index (χ0v) is 22.4. The van der Waals surface area contributed by atoms with Gasteiger partial charge in [-0.2, -0.15) is 0 Å². The molecular formula is C30H35NO5. The third-order valence-electron chi connectivity index (χ3n) is 7.10. The van der Waals surface area contributed by atoms with Gasteiger partial charge in [0.25, 0.3) is 0 Å². The van der Waals surface area contributed by atoms with E-state index in [2.05, 4.69) is 6.07 Å². The fourth-order valence-electron chi connectivity index (χ4n) is 5.21. The standard InChI is InChI=1S/C30H35NO5/c1-17-14-24(35-8)27-21(10-9-11-23(27)34-7)25(17)22-13-12-20-15-18(2)31(16-32)19(3)26(20)28(22)36-29(33)30(4,5)6/h9-14,16,18-19H,15H2,1-8H3/t18-,19-/m1/s1. The normalized spacial score (nSPS) is 17.5. The van der Waals surface area contributed by atoms with Gasteiger partial charge >= 0.3 is 5.97 Å². The summed E-state index contributed by atoms with van der Waals surface area (Å²) in [5.74, 6) is 1.60. The smallest absolute Gasteiger partial charge is 0.316 e. The number of hydrogen-bond donors (Lipinski definition) is 0. The summed E-state index contributed by atoms with van der Waals surface area (Å²) in [6, 6.07) is 11.8. The van der Waals surface area contributed by atoms with E-state index in [1.807, 2.05) is 71.9 Å². The van der Waals surface area contributed by atoms with Crippen molar-refractivity contribution in [3.8, 4) is 28.4 Å². The number of nitrogens with zero attached hydrogens (tertiary/aromatic N) is 1. The van der Waals surface area contributed by atoms with E-state index in [0.717, 1.165) is 45.0 Å². The number of fused-ring (bicyclic) bond motifs is 2. The monoisotopic (exact) mass is 489 g/mol. The van der Waals surface area contributed by atoms with Crippen molar-refractivity contribution >= 4 is 23.2 Å². The van der Waals surface area contributed by atoms with Crippen LogP contribution in [0.25, 0.3) is 21.9 Å². The molecule has 1 heterocycles. The first-order valence-electron chi connectivity index (χ1n) is 12.3. The average Bonchev–Trinajstić information content (AvgIpc) is 2.83. The minimum atomic E-state index is -0.699. The summed E-state index contributed by atoms with van der Waals surface area (Å²) < 4.78 is 17.6. The van der Waals surface area contributed by atoms with Crippen LogP contribution >= 0.6 is 0 Å². The molecule has 1 aliphatic heterocycles. The van der Waals surface area contributed by atoms with Gasteiger partial charge in [0.05, 0.1) is 31.1 Å². The van der Waals surface area contributed by atoms with Crippen molar-refractivity contribution in [3.05, 3.63) is 53.1 Å². The van der Waals surface area contributed by atoms with E-state index in [1.54, 1.807) is 19.1 Å². The summed E-state index contributed by atoms with van der Waals surface area (Å²) in [6.45, 7) is 11.6. The van der Waals surface area contributed by atoms with E-state index in [0.29, 0.717) is 23.7 Å². The number of hydrogen-bond acceptors (Lipinski definition) is 5. The Kier molecular flexibility index (Phi) is 6.74. The third-order valence-corrected chi connectivity index (χ3v) is 7.10. The molecule has 0 spiro atoms. The number of esters is 1. The molecule has 0 radical (unpaired) electrons. The second-order valence-corrected chi connectivity index (χ2v) is 10.6. The van der Waals surface area contributed by atoms with Gasteiger partial charge in [0, 0.05) is 17.2 Å². The zero-order valence-electron chi connectivity index (χ0n) is 22.4. The van der Waals surface area contributed by atoms with Crippen molar-refractivity contribution < 1.29 is 23.8 Å². The maximum Gasteiger partial charge on any atom is 0.316 e. The number of ether oxygens (including phenoxy) is 3. The second kappa shape index (κ2) is 9.49. The predicted octanol–water partition coefficient (Wildman–Crippen LogP) is 6.25. The molecule has 6 nitrogen and oxygen atoms in total. The van der Waals surface area contributed by atoms with Crippen LogP contribution in [0, 0.1) is 12.3 Å². The van der Waals surface area contributed by atoms with Gasteiger partial charge in [-0.25, -0.2) is 0 Å². The molecule has 36 heavy (non-hydrogen) atoms. The molecule has 0 unspecified atom stereocenters. The minimum Gasteiger partial charge on any atom is -0.496 e. The lowest BCUT2D eigenvalue weighted by atomic mass is 9.84. The second-order valence-electron chi connectivity index (χ2n) is 10.6. The van der Waals surface area contributed by atoms with Gasteiger partial charge in [0.15, 0.2) is 0 Å². The lowest BCUT2D eigenvalue weighted by molar-refractivity contribution is -0.143. The van der Waals surface area contributed by atoms with E-state index in [1.165, 1.54) is 0 Å². The fraction of sp³-hybridized carbons (Fsp3) is 0.400. The van der Waals surface area contributed by atoms with E-state index < -0.39 is 5.41 Å². The average molecular weight is 490 g/mol. The summed E-state index contributed by atoms with van der Waals surface area (Å²) in [4.78, 5) is 27.0. The van der Waals surface area contributed by atoms with Crippen molar-refractivity contribution in [3.63, 3.8) is 0 Å². The molecule has 3 aromatic rings. The minimum absolute atomic E-state index is 0.0508. The maximum absolute atomic E-state index is 13.2. The summed E-state index contributed by atoms with van der Waals surface area (Å²) >= 11 is 0. The highest BCUT2D eigenvalue weighted by Crippen LogP contribution is 2.49. The Morgan fingerprint density at radius 3 is 2.36 bits per heavy atom. The molecule has 0 saturated carbocycles. The highest BCUT2D eigenvalue weighted by molar-refractivity contribution is 6.06. The van der Waals surface area contributed by atoms with Crippen LogP contribution in [0.1, 0.15) is 57.4 Å². The number of carbonyl (C=O) groups excluding carboxylic acids is 2. The van der Waals surface area contributed by atoms with Gasteiger partial charge < -0.3 is 19.1 Å². The number of carbonyl (C=O) groups is 2. The van der Waals surface area contributed by atoms with Crippen LogP contribution < -0.4 is 14.2 Å². The highest BCUT2D eigenvalue weighted by Gasteiger charge is 2.35. The Morgan fingerprint density at radius 2 is 1.75 bits per heavy atom. The number of aryl methyl sites for hydroxylation is 1. The van der Waals surface area contributed by atoms with Crippen LogP contribution in [0.3, 0.4) is 0 Å². The molecule has 0 aliphatic carbocycles. The number of benzene rings is 3. The van der Waals surface area contributed by atoms with Gasteiger partial charge in [0.2, 0.25) is 6.41 Å². The van der Waals surface area contributed by atoms with Gasteiger partial charge in [-0.05, 0) is 82.2 Å². The Bertz CT molecular complexity index is 1340. The van der Waals surface area contributed by atoms with Crippen molar-refractivity contribution in [1.29, 1.82) is 0 Å². The van der Waals surface area contributed by atoms with Crippen LogP contribution in [0.2, 0.25) is 0 Å². The predicted molar refractivity (Wildman–Crippen MR) is 142 cm³/mol. The van der Waals surface area contributed by atoms with Crippen molar-refractivity contribution in [2.24, 2.45) is 5.41 Å². The van der Waals surface area contributed by atoms with Gasteiger partial charge in [-0.1, -0.05) is 24.3 Å². The lowest BCUT2D eigenvalue weighted by Crippen LogP contribution is -2.40. The zero-order chi connectivity index (χ0) is 26.4. The van der Waals surface area contributed by atoms with Crippen LogP contribution in [0.4, 0.5) is 0 Å². The Labute approximate surface area is 213 Å². The molecule has 0 N–H and O–H groups in total. The molecule has 3 aromatic carbocycles. The van der Waals surface area contributed by atoms with Crippen molar-refractivity contribution in [2.75, 3.05) is 14.2 Å². The molecular weight excluding hydrogens is 454 g/mol. The third kappa shape index (κ3) is 4.19. The quantitative estimate of drug-likeness (QED) is 0.241. The molecule has 2 atom stereocenters. The molecule has 4 rings (SSSR count). The molecule has 0 bridgehead atoms. The SMILES string of the molecule is COc1cccc2c(-c3ccc4c(c3OC(=O)C(C)(C)C)[C@@H](C)N(C=O)[C@H](C)C4)c(C)cc(OC)c12. The summed E-state index contributed by atoms with van der Waals surface area (Å²) in [5, 5.41) is 1.79. The Morgan fingerprint density at radius 1 is 1.06 bits per heavy atom. The van der Waals surface area contributed by atoms with E-state index in [9.17, 15) is 9.59 Å². The molecule has 0 aromatic heterocycles. The molecule has 1 amide bonds. The van der Waals surface area contributed by atoms with E-state index >= 15 is 0 Å². The van der Waals surface area contributed by atoms with E-state index in [4.69, 9.17) is 14.2 Å². The van der Waals surface area contributed by atoms with Crippen LogP contribution in [0.15, 0.2) is 36.4 Å². The summed E-state index contributed by atoms with van der Waals surface area (Å²) in [5.41, 5.74) is 3.98.